The number of nitrogens with one attached hydrogen (secondary N) is 1. The van der Waals surface area contributed by atoms with E-state index in [0.717, 1.165) is 36.3 Å². The molecular weight excluding hydrogens is 324 g/mol. The van der Waals surface area contributed by atoms with Crippen molar-refractivity contribution in [2.75, 3.05) is 6.61 Å². The van der Waals surface area contributed by atoms with E-state index in [1.165, 1.54) is 0 Å². The summed E-state index contributed by atoms with van der Waals surface area (Å²) in [6, 6.07) is 17.5. The van der Waals surface area contributed by atoms with Gasteiger partial charge in [0, 0.05) is 6.54 Å². The molecule has 0 unspecified atom stereocenters. The Hall–Kier alpha value is -2.33. The fraction of sp³-hybridized carbons (Fsp3) is 0.409. The Labute approximate surface area is 156 Å². The summed E-state index contributed by atoms with van der Waals surface area (Å²) in [6.45, 7) is 5.73. The Balaban J connectivity index is 1.86. The average Bonchev–Trinajstić information content (AvgIpc) is 2.67. The van der Waals surface area contributed by atoms with E-state index >= 15 is 0 Å². The van der Waals surface area contributed by atoms with Gasteiger partial charge in [0.15, 0.2) is 0 Å². The monoisotopic (exact) mass is 354 g/mol. The summed E-state index contributed by atoms with van der Waals surface area (Å²) in [5, 5.41) is 3.26. The number of carbonyl (C=O) groups excluding carboxylic acids is 1. The summed E-state index contributed by atoms with van der Waals surface area (Å²) in [4.78, 5) is 11.7. The Morgan fingerprint density at radius 1 is 1.00 bits per heavy atom. The van der Waals surface area contributed by atoms with Gasteiger partial charge in [-0.25, -0.2) is 0 Å². The van der Waals surface area contributed by atoms with Crippen LogP contribution < -0.4 is 15.8 Å². The number of hydrogen-bond acceptors (Lipinski definition) is 3. The molecule has 2 aromatic carbocycles. The molecule has 0 saturated carbocycles. The minimum atomic E-state index is -0.386. The smallest absolute Gasteiger partial charge is 0.234 e. The number of primary amides is 1. The molecule has 0 aliphatic rings. The van der Waals surface area contributed by atoms with E-state index in [-0.39, 0.29) is 11.9 Å². The van der Waals surface area contributed by atoms with Gasteiger partial charge < -0.3 is 15.8 Å². The van der Waals surface area contributed by atoms with E-state index < -0.39 is 0 Å². The molecule has 140 valence electrons. The number of nitrogens with two attached hydrogens (primary N) is 1. The van der Waals surface area contributed by atoms with Gasteiger partial charge in [-0.15, -0.1) is 0 Å². The zero-order chi connectivity index (χ0) is 18.8. The van der Waals surface area contributed by atoms with Crippen molar-refractivity contribution in [3.8, 4) is 5.75 Å². The Morgan fingerprint density at radius 2 is 1.65 bits per heavy atom. The summed E-state index contributed by atoms with van der Waals surface area (Å²) in [7, 11) is 0. The van der Waals surface area contributed by atoms with Crippen LogP contribution in [0.1, 0.15) is 37.8 Å². The zero-order valence-electron chi connectivity index (χ0n) is 15.8. The van der Waals surface area contributed by atoms with Gasteiger partial charge in [0.05, 0.1) is 12.6 Å². The fourth-order valence-corrected chi connectivity index (χ4v) is 2.81. The average molecular weight is 354 g/mol. The molecule has 4 nitrogen and oxygen atoms in total. The minimum absolute atomic E-state index is 0.334. The van der Waals surface area contributed by atoms with Crippen molar-refractivity contribution >= 4 is 5.91 Å². The Kier molecular flexibility index (Phi) is 8.16. The van der Waals surface area contributed by atoms with Gasteiger partial charge >= 0.3 is 0 Å². The van der Waals surface area contributed by atoms with Crippen LogP contribution in [0.3, 0.4) is 0 Å². The molecule has 2 rings (SSSR count). The van der Waals surface area contributed by atoms with E-state index in [1.807, 2.05) is 54.6 Å². The third-order valence-corrected chi connectivity index (χ3v) is 4.74. The maximum Gasteiger partial charge on any atom is 0.234 e. The lowest BCUT2D eigenvalue weighted by atomic mass is 10.0. The molecule has 1 amide bonds. The second-order valence-electron chi connectivity index (χ2n) is 6.66. The summed E-state index contributed by atoms with van der Waals surface area (Å²) >= 11 is 0. The molecule has 0 saturated heterocycles. The summed E-state index contributed by atoms with van der Waals surface area (Å²) in [5.74, 6) is 1.15. The molecule has 3 N–H and O–H groups in total. The molecule has 4 heteroatoms. The quantitative estimate of drug-likeness (QED) is 0.647. The van der Waals surface area contributed by atoms with Crippen LogP contribution in [0, 0.1) is 5.92 Å². The van der Waals surface area contributed by atoms with Crippen molar-refractivity contribution in [2.45, 2.75) is 45.7 Å². The van der Waals surface area contributed by atoms with Crippen LogP contribution in [0.25, 0.3) is 0 Å². The zero-order valence-corrected chi connectivity index (χ0v) is 15.8. The van der Waals surface area contributed by atoms with Crippen molar-refractivity contribution < 1.29 is 9.53 Å². The predicted molar refractivity (Wildman–Crippen MR) is 106 cm³/mol. The Bertz CT molecular complexity index is 652. The van der Waals surface area contributed by atoms with Gasteiger partial charge in [-0.1, -0.05) is 69.2 Å². The normalized spacial score (nSPS) is 12.1. The largest absolute Gasteiger partial charge is 0.493 e. The van der Waals surface area contributed by atoms with Crippen LogP contribution in [-0.2, 0) is 17.8 Å². The number of hydrogen-bond donors (Lipinski definition) is 2. The number of amides is 1. The van der Waals surface area contributed by atoms with Crippen LogP contribution >= 0.6 is 0 Å². The van der Waals surface area contributed by atoms with Crippen molar-refractivity contribution in [1.29, 1.82) is 0 Å². The highest BCUT2D eigenvalue weighted by atomic mass is 16.5. The second-order valence-corrected chi connectivity index (χ2v) is 6.66. The highest BCUT2D eigenvalue weighted by molar-refractivity contribution is 5.80. The van der Waals surface area contributed by atoms with Gasteiger partial charge in [-0.3, -0.25) is 4.79 Å². The van der Waals surface area contributed by atoms with Crippen LogP contribution in [0.15, 0.2) is 54.6 Å². The summed E-state index contributed by atoms with van der Waals surface area (Å²) in [5.41, 5.74) is 7.73. The van der Waals surface area contributed by atoms with E-state index in [4.69, 9.17) is 10.5 Å². The number of ether oxygens (including phenoxy) is 1. The van der Waals surface area contributed by atoms with E-state index in [2.05, 4.69) is 19.2 Å². The molecule has 0 spiro atoms. The van der Waals surface area contributed by atoms with E-state index in [9.17, 15) is 4.79 Å². The number of carbonyl (C=O) groups is 1. The van der Waals surface area contributed by atoms with Gasteiger partial charge in [0.1, 0.15) is 5.75 Å². The molecule has 0 aliphatic carbocycles. The first-order valence-electron chi connectivity index (χ1n) is 9.40. The van der Waals surface area contributed by atoms with Crippen LogP contribution in [0.4, 0.5) is 0 Å². The topological polar surface area (TPSA) is 64.3 Å². The third kappa shape index (κ3) is 6.52. The number of benzene rings is 2. The predicted octanol–water partition coefficient (Wildman–Crippen LogP) is 3.69. The molecule has 0 aromatic heterocycles. The Morgan fingerprint density at radius 3 is 2.23 bits per heavy atom. The van der Waals surface area contributed by atoms with Gasteiger partial charge in [-0.2, -0.15) is 0 Å². The standard InChI is InChI=1S/C22H30N2O2/c1-3-17(4-2)16-26-20-12-10-19(11-13-20)15-24-21(22(23)25)14-18-8-6-5-7-9-18/h5-13,17,21,24H,3-4,14-16H2,1-2H3,(H2,23,25)/t21-/m0/s1. The first kappa shape index (κ1) is 20.0. The highest BCUT2D eigenvalue weighted by Crippen LogP contribution is 2.16. The van der Waals surface area contributed by atoms with Crippen LogP contribution in [-0.4, -0.2) is 18.6 Å². The van der Waals surface area contributed by atoms with Crippen molar-refractivity contribution in [2.24, 2.45) is 11.7 Å². The van der Waals surface area contributed by atoms with E-state index in [1.54, 1.807) is 0 Å². The molecule has 0 bridgehead atoms. The second kappa shape index (κ2) is 10.6. The lowest BCUT2D eigenvalue weighted by Crippen LogP contribution is -2.42. The summed E-state index contributed by atoms with van der Waals surface area (Å²) < 4.78 is 5.85. The lowest BCUT2D eigenvalue weighted by molar-refractivity contribution is -0.120. The first-order chi connectivity index (χ1) is 12.6. The number of rotatable bonds is 11. The molecule has 0 aliphatic heterocycles. The van der Waals surface area contributed by atoms with Crippen molar-refractivity contribution in [1.82, 2.24) is 5.32 Å². The maximum atomic E-state index is 11.7. The van der Waals surface area contributed by atoms with Crippen LogP contribution in [0.5, 0.6) is 5.75 Å². The van der Waals surface area contributed by atoms with Gasteiger partial charge in [-0.05, 0) is 35.6 Å². The maximum absolute atomic E-state index is 11.7. The van der Waals surface area contributed by atoms with Gasteiger partial charge in [0.25, 0.3) is 0 Å². The van der Waals surface area contributed by atoms with Crippen molar-refractivity contribution in [3.63, 3.8) is 0 Å². The lowest BCUT2D eigenvalue weighted by Gasteiger charge is -2.16. The molecule has 1 atom stereocenters. The van der Waals surface area contributed by atoms with Crippen molar-refractivity contribution in [3.05, 3.63) is 65.7 Å². The molecular formula is C22H30N2O2. The molecule has 0 heterocycles. The summed E-state index contributed by atoms with van der Waals surface area (Å²) in [6.07, 6.45) is 2.86. The minimum Gasteiger partial charge on any atom is -0.493 e. The molecule has 0 radical (unpaired) electrons. The molecule has 0 fully saturated rings. The van der Waals surface area contributed by atoms with Crippen LogP contribution in [0.2, 0.25) is 0 Å². The van der Waals surface area contributed by atoms with Gasteiger partial charge in [0.2, 0.25) is 5.91 Å². The molecule has 2 aromatic rings. The highest BCUT2D eigenvalue weighted by Gasteiger charge is 2.15. The molecule has 26 heavy (non-hydrogen) atoms. The van der Waals surface area contributed by atoms with E-state index in [0.29, 0.717) is 18.9 Å². The third-order valence-electron chi connectivity index (χ3n) is 4.74. The first-order valence-corrected chi connectivity index (χ1v) is 9.40. The SMILES string of the molecule is CCC(CC)COc1ccc(CN[C@@H](Cc2ccccc2)C(N)=O)cc1. The fourth-order valence-electron chi connectivity index (χ4n) is 2.81.